The Bertz CT molecular complexity index is 1900. The standard InChI is InChI=1S/C41H38N4O4/c46-38(45-41(31-17-7-2-8-18-31,32-19-9-3-10-20-32)33-21-11-4-12-22-33)26-37(40(48)49)44-39(47)36(42-27-29-15-5-1-6-16-29)25-30-28-43-35-24-14-13-23-34(30)35/h1-24,28,36-37,42-43H,25-27H2,(H,44,47)(H,45,46)(H,48,49)/t36-,37?/m0/s1. The average molecular weight is 651 g/mol. The van der Waals surface area contributed by atoms with Crippen LogP contribution in [0.4, 0.5) is 0 Å². The second-order valence-electron chi connectivity index (χ2n) is 12.0. The number of nitrogens with one attached hydrogen (secondary N) is 4. The summed E-state index contributed by atoms with van der Waals surface area (Å²) in [5.74, 6) is -2.35. The molecule has 5 N–H and O–H groups in total. The minimum absolute atomic E-state index is 0.306. The molecule has 0 saturated carbocycles. The van der Waals surface area contributed by atoms with Crippen LogP contribution in [0.5, 0.6) is 0 Å². The summed E-state index contributed by atoms with van der Waals surface area (Å²) in [6, 6.07) is 44.0. The molecule has 2 atom stereocenters. The van der Waals surface area contributed by atoms with E-state index in [1.54, 1.807) is 0 Å². The molecule has 8 heteroatoms. The van der Waals surface area contributed by atoms with Crippen molar-refractivity contribution in [3.05, 3.63) is 180 Å². The zero-order chi connectivity index (χ0) is 34.1. The summed E-state index contributed by atoms with van der Waals surface area (Å²) in [6.45, 7) is 0.396. The number of H-pyrrole nitrogens is 1. The average Bonchev–Trinajstić information content (AvgIpc) is 3.56. The number of carbonyl (C=O) groups excluding carboxylic acids is 2. The molecule has 0 aliphatic rings. The molecule has 246 valence electrons. The Hall–Kier alpha value is -5.99. The second-order valence-corrected chi connectivity index (χ2v) is 12.0. The summed E-state index contributed by atoms with van der Waals surface area (Å²) in [7, 11) is 0. The molecule has 8 nitrogen and oxygen atoms in total. The van der Waals surface area contributed by atoms with Gasteiger partial charge in [0.05, 0.1) is 12.5 Å². The number of carboxylic acid groups (broad SMARTS) is 1. The van der Waals surface area contributed by atoms with E-state index >= 15 is 0 Å². The normalized spacial score (nSPS) is 12.6. The van der Waals surface area contributed by atoms with Gasteiger partial charge in [0.2, 0.25) is 11.8 Å². The van der Waals surface area contributed by atoms with Crippen molar-refractivity contribution in [2.45, 2.75) is 37.0 Å². The minimum Gasteiger partial charge on any atom is -0.480 e. The van der Waals surface area contributed by atoms with Crippen LogP contribution in [0.3, 0.4) is 0 Å². The maximum Gasteiger partial charge on any atom is 0.326 e. The van der Waals surface area contributed by atoms with E-state index in [1.807, 2.05) is 152 Å². The Morgan fingerprint density at radius 2 is 1.16 bits per heavy atom. The number of fused-ring (bicyclic) bond motifs is 1. The third kappa shape index (κ3) is 7.61. The first-order chi connectivity index (χ1) is 23.9. The first kappa shape index (κ1) is 32.9. The van der Waals surface area contributed by atoms with Crippen molar-refractivity contribution in [2.75, 3.05) is 0 Å². The maximum absolute atomic E-state index is 14.0. The highest BCUT2D eigenvalue weighted by Gasteiger charge is 2.39. The fraction of sp³-hybridized carbons (Fsp3) is 0.146. The largest absolute Gasteiger partial charge is 0.480 e. The van der Waals surface area contributed by atoms with Gasteiger partial charge in [-0.05, 0) is 40.3 Å². The fourth-order valence-corrected chi connectivity index (χ4v) is 6.31. The molecule has 0 aliphatic heterocycles. The van der Waals surface area contributed by atoms with E-state index in [0.717, 1.165) is 38.7 Å². The molecule has 2 amide bonds. The van der Waals surface area contributed by atoms with Gasteiger partial charge in [0, 0.05) is 23.6 Å². The van der Waals surface area contributed by atoms with Gasteiger partial charge in [-0.3, -0.25) is 9.59 Å². The molecular weight excluding hydrogens is 612 g/mol. The molecule has 1 unspecified atom stereocenters. The van der Waals surface area contributed by atoms with Gasteiger partial charge < -0.3 is 26.0 Å². The molecule has 0 saturated heterocycles. The van der Waals surface area contributed by atoms with Gasteiger partial charge in [0.1, 0.15) is 11.6 Å². The van der Waals surface area contributed by atoms with Crippen LogP contribution in [0.1, 0.15) is 34.2 Å². The molecule has 0 bridgehead atoms. The molecule has 1 aromatic heterocycles. The van der Waals surface area contributed by atoms with E-state index in [1.165, 1.54) is 0 Å². The first-order valence-corrected chi connectivity index (χ1v) is 16.3. The van der Waals surface area contributed by atoms with Crippen LogP contribution in [0.15, 0.2) is 152 Å². The van der Waals surface area contributed by atoms with Gasteiger partial charge in [0.25, 0.3) is 0 Å². The third-order valence-corrected chi connectivity index (χ3v) is 8.76. The Morgan fingerprint density at radius 3 is 1.71 bits per heavy atom. The number of para-hydroxylation sites is 1. The van der Waals surface area contributed by atoms with Crippen molar-refractivity contribution < 1.29 is 19.5 Å². The summed E-state index contributed by atoms with van der Waals surface area (Å²) >= 11 is 0. The number of rotatable bonds is 14. The highest BCUT2D eigenvalue weighted by atomic mass is 16.4. The third-order valence-electron chi connectivity index (χ3n) is 8.76. The summed E-state index contributed by atoms with van der Waals surface area (Å²) in [5.41, 5.74) is 4.13. The van der Waals surface area contributed by atoms with E-state index in [0.29, 0.717) is 13.0 Å². The van der Waals surface area contributed by atoms with Crippen molar-refractivity contribution in [1.29, 1.82) is 0 Å². The van der Waals surface area contributed by atoms with E-state index < -0.39 is 41.8 Å². The van der Waals surface area contributed by atoms with Crippen LogP contribution in [-0.4, -0.2) is 40.0 Å². The van der Waals surface area contributed by atoms with Crippen LogP contribution in [0.2, 0.25) is 0 Å². The van der Waals surface area contributed by atoms with Crippen LogP contribution in [0, 0.1) is 0 Å². The number of hydrogen-bond acceptors (Lipinski definition) is 4. The predicted molar refractivity (Wildman–Crippen MR) is 191 cm³/mol. The fourth-order valence-electron chi connectivity index (χ4n) is 6.31. The van der Waals surface area contributed by atoms with Gasteiger partial charge >= 0.3 is 5.97 Å². The lowest BCUT2D eigenvalue weighted by molar-refractivity contribution is -0.144. The summed E-state index contributed by atoms with van der Waals surface area (Å²) < 4.78 is 0. The highest BCUT2D eigenvalue weighted by Crippen LogP contribution is 2.37. The molecule has 0 radical (unpaired) electrons. The Balaban J connectivity index is 1.26. The Kier molecular flexibility index (Phi) is 10.3. The van der Waals surface area contributed by atoms with Crippen molar-refractivity contribution in [3.63, 3.8) is 0 Å². The van der Waals surface area contributed by atoms with E-state index in [-0.39, 0.29) is 0 Å². The van der Waals surface area contributed by atoms with Gasteiger partial charge in [-0.2, -0.15) is 0 Å². The second kappa shape index (κ2) is 15.3. The van der Waals surface area contributed by atoms with Gasteiger partial charge in [-0.15, -0.1) is 0 Å². The number of aliphatic carboxylic acids is 1. The van der Waals surface area contributed by atoms with E-state index in [2.05, 4.69) is 20.9 Å². The van der Waals surface area contributed by atoms with Crippen molar-refractivity contribution in [2.24, 2.45) is 0 Å². The molecule has 6 aromatic rings. The zero-order valence-corrected chi connectivity index (χ0v) is 26.9. The maximum atomic E-state index is 14.0. The van der Waals surface area contributed by atoms with E-state index in [9.17, 15) is 19.5 Å². The summed E-state index contributed by atoms with van der Waals surface area (Å²) in [4.78, 5) is 43.8. The SMILES string of the molecule is O=C(CC(NC(=O)[C@H](Cc1c[nH]c2ccccc12)NCc1ccccc1)C(=O)O)NC(c1ccccc1)(c1ccccc1)c1ccccc1. The van der Waals surface area contributed by atoms with Crippen LogP contribution in [-0.2, 0) is 32.9 Å². The molecule has 49 heavy (non-hydrogen) atoms. The first-order valence-electron chi connectivity index (χ1n) is 16.3. The lowest BCUT2D eigenvalue weighted by atomic mass is 9.77. The number of carbonyl (C=O) groups is 3. The van der Waals surface area contributed by atoms with Crippen molar-refractivity contribution >= 4 is 28.7 Å². The number of aromatic nitrogens is 1. The summed E-state index contributed by atoms with van der Waals surface area (Å²) in [6.07, 6.45) is 1.70. The zero-order valence-electron chi connectivity index (χ0n) is 26.9. The highest BCUT2D eigenvalue weighted by molar-refractivity contribution is 5.92. The lowest BCUT2D eigenvalue weighted by Crippen LogP contribution is -2.54. The number of aromatic amines is 1. The van der Waals surface area contributed by atoms with Crippen molar-refractivity contribution in [3.8, 4) is 0 Å². The predicted octanol–water partition coefficient (Wildman–Crippen LogP) is 5.94. The Morgan fingerprint density at radius 1 is 0.653 bits per heavy atom. The molecule has 0 aliphatic carbocycles. The van der Waals surface area contributed by atoms with Gasteiger partial charge in [0.15, 0.2) is 0 Å². The van der Waals surface area contributed by atoms with Crippen molar-refractivity contribution in [1.82, 2.24) is 20.9 Å². The number of hydrogen-bond donors (Lipinski definition) is 5. The molecule has 1 heterocycles. The Labute approximate surface area is 285 Å². The molecular formula is C41H38N4O4. The molecule has 0 fully saturated rings. The quantitative estimate of drug-likeness (QED) is 0.0935. The van der Waals surface area contributed by atoms with Gasteiger partial charge in [-0.25, -0.2) is 4.79 Å². The smallest absolute Gasteiger partial charge is 0.326 e. The summed E-state index contributed by atoms with van der Waals surface area (Å²) in [5, 5.41) is 20.5. The number of benzene rings is 5. The molecule has 6 rings (SSSR count). The molecule has 0 spiro atoms. The minimum atomic E-state index is -1.48. The molecule has 5 aromatic carbocycles. The van der Waals surface area contributed by atoms with Crippen LogP contribution >= 0.6 is 0 Å². The topological polar surface area (TPSA) is 123 Å². The van der Waals surface area contributed by atoms with Crippen LogP contribution in [0.25, 0.3) is 10.9 Å². The number of amides is 2. The number of carboxylic acids is 1. The van der Waals surface area contributed by atoms with Gasteiger partial charge in [-0.1, -0.05) is 140 Å². The lowest BCUT2D eigenvalue weighted by Gasteiger charge is -2.37. The van der Waals surface area contributed by atoms with E-state index in [4.69, 9.17) is 0 Å². The van der Waals surface area contributed by atoms with Crippen LogP contribution < -0.4 is 16.0 Å². The monoisotopic (exact) mass is 650 g/mol.